The molecule has 4 nitrogen and oxygen atoms in total. The monoisotopic (exact) mass is 249 g/mol. The number of nitrogens with one attached hydrogen (secondary N) is 1. The fraction of sp³-hybridized carbons (Fsp3) is 0.500. The van der Waals surface area contributed by atoms with Crippen LogP contribution in [0.3, 0.4) is 0 Å². The maximum atomic E-state index is 11.4. The van der Waals surface area contributed by atoms with Gasteiger partial charge in [-0.15, -0.1) is 0 Å². The average molecular weight is 249 g/mol. The molecule has 0 spiro atoms. The Morgan fingerprint density at radius 1 is 1.50 bits per heavy atom. The summed E-state index contributed by atoms with van der Waals surface area (Å²) >= 11 is 0. The Bertz CT molecular complexity index is 418. The first-order valence-corrected chi connectivity index (χ1v) is 6.29. The van der Waals surface area contributed by atoms with Gasteiger partial charge in [0.2, 0.25) is 0 Å². The van der Waals surface area contributed by atoms with E-state index in [2.05, 4.69) is 5.32 Å². The largest absolute Gasteiger partial charge is 0.508 e. The topological polar surface area (TPSA) is 69.6 Å². The highest BCUT2D eigenvalue weighted by molar-refractivity contribution is 5.71. The summed E-state index contributed by atoms with van der Waals surface area (Å²) in [5.41, 5.74) is 1.85. The van der Waals surface area contributed by atoms with Crippen LogP contribution in [0, 0.1) is 18.8 Å². The number of carbonyl (C=O) groups is 1. The third kappa shape index (κ3) is 3.01. The maximum absolute atomic E-state index is 11.4. The van der Waals surface area contributed by atoms with Crippen molar-refractivity contribution in [2.45, 2.75) is 19.8 Å². The van der Waals surface area contributed by atoms with E-state index in [1.165, 1.54) is 0 Å². The van der Waals surface area contributed by atoms with Crippen LogP contribution in [0.4, 0.5) is 0 Å². The molecule has 0 saturated carbocycles. The van der Waals surface area contributed by atoms with Crippen LogP contribution in [0.2, 0.25) is 0 Å². The molecule has 1 aromatic rings. The maximum Gasteiger partial charge on any atom is 0.307 e. The van der Waals surface area contributed by atoms with E-state index in [0.29, 0.717) is 6.42 Å². The van der Waals surface area contributed by atoms with E-state index >= 15 is 0 Å². The van der Waals surface area contributed by atoms with Crippen LogP contribution in [0.1, 0.15) is 17.5 Å². The third-order valence-corrected chi connectivity index (χ3v) is 3.56. The Balaban J connectivity index is 2.15. The van der Waals surface area contributed by atoms with Crippen molar-refractivity contribution >= 4 is 5.97 Å². The molecule has 1 aromatic carbocycles. The molecule has 0 aromatic heterocycles. The summed E-state index contributed by atoms with van der Waals surface area (Å²) in [4.78, 5) is 11.4. The van der Waals surface area contributed by atoms with E-state index in [-0.39, 0.29) is 17.6 Å². The first kappa shape index (κ1) is 12.9. The lowest BCUT2D eigenvalue weighted by atomic mass is 9.86. The number of aromatic hydroxyl groups is 1. The van der Waals surface area contributed by atoms with Crippen LogP contribution < -0.4 is 5.32 Å². The number of hydrogen-bond donors (Lipinski definition) is 3. The zero-order chi connectivity index (χ0) is 13.1. The van der Waals surface area contributed by atoms with Crippen molar-refractivity contribution in [1.82, 2.24) is 5.32 Å². The van der Waals surface area contributed by atoms with Crippen LogP contribution >= 0.6 is 0 Å². The van der Waals surface area contributed by atoms with Crippen LogP contribution in [-0.2, 0) is 11.2 Å². The predicted molar refractivity (Wildman–Crippen MR) is 68.7 cm³/mol. The molecule has 4 heteroatoms. The molecule has 2 atom stereocenters. The number of carboxylic acids is 1. The van der Waals surface area contributed by atoms with E-state index in [9.17, 15) is 15.0 Å². The number of hydrogen-bond acceptors (Lipinski definition) is 3. The Morgan fingerprint density at radius 3 is 2.83 bits per heavy atom. The van der Waals surface area contributed by atoms with Crippen molar-refractivity contribution < 1.29 is 15.0 Å². The second-order valence-electron chi connectivity index (χ2n) is 5.08. The van der Waals surface area contributed by atoms with Gasteiger partial charge in [-0.1, -0.05) is 6.07 Å². The zero-order valence-electron chi connectivity index (χ0n) is 10.5. The van der Waals surface area contributed by atoms with Gasteiger partial charge in [-0.3, -0.25) is 4.79 Å². The van der Waals surface area contributed by atoms with Gasteiger partial charge in [-0.25, -0.2) is 0 Å². The van der Waals surface area contributed by atoms with Crippen molar-refractivity contribution in [2.75, 3.05) is 13.1 Å². The molecule has 1 aliphatic heterocycles. The molecular formula is C14H19NO3. The third-order valence-electron chi connectivity index (χ3n) is 3.56. The zero-order valence-corrected chi connectivity index (χ0v) is 10.5. The van der Waals surface area contributed by atoms with Gasteiger partial charge in [0.05, 0.1) is 5.92 Å². The lowest BCUT2D eigenvalue weighted by Crippen LogP contribution is -2.27. The number of phenols is 1. The second-order valence-corrected chi connectivity index (χ2v) is 5.08. The van der Waals surface area contributed by atoms with Crippen molar-refractivity contribution in [3.63, 3.8) is 0 Å². The van der Waals surface area contributed by atoms with Gasteiger partial charge in [0.25, 0.3) is 0 Å². The molecule has 2 rings (SSSR count). The van der Waals surface area contributed by atoms with Crippen LogP contribution in [0.5, 0.6) is 5.75 Å². The number of rotatable bonds is 4. The molecule has 0 radical (unpaired) electrons. The quantitative estimate of drug-likeness (QED) is 0.757. The molecule has 3 N–H and O–H groups in total. The molecule has 1 saturated heterocycles. The molecule has 0 bridgehead atoms. The summed E-state index contributed by atoms with van der Waals surface area (Å²) in [7, 11) is 0. The number of phenolic OH excluding ortho intramolecular Hbond substituents is 1. The summed E-state index contributed by atoms with van der Waals surface area (Å²) in [5.74, 6) is -0.727. The number of benzene rings is 1. The van der Waals surface area contributed by atoms with Crippen LogP contribution in [0.15, 0.2) is 18.2 Å². The smallest absolute Gasteiger partial charge is 0.307 e. The van der Waals surface area contributed by atoms with Crippen molar-refractivity contribution in [2.24, 2.45) is 11.8 Å². The molecule has 1 aliphatic rings. The minimum atomic E-state index is -0.746. The molecule has 1 fully saturated rings. The van der Waals surface area contributed by atoms with Gasteiger partial charge in [0.1, 0.15) is 5.75 Å². The van der Waals surface area contributed by atoms with Crippen molar-refractivity contribution in [3.8, 4) is 5.75 Å². The van der Waals surface area contributed by atoms with Crippen molar-refractivity contribution in [1.29, 1.82) is 0 Å². The van der Waals surface area contributed by atoms with E-state index in [0.717, 1.165) is 30.6 Å². The Hall–Kier alpha value is -1.55. The molecular weight excluding hydrogens is 230 g/mol. The molecule has 1 heterocycles. The standard InChI is InChI=1S/C14H19NO3/c1-9-4-10(6-12(16)5-9)7-13(14(17)18)11-2-3-15-8-11/h4-6,11,13,15-16H,2-3,7-8H2,1H3,(H,17,18)/t11-,13-/m0/s1. The van der Waals surface area contributed by atoms with Gasteiger partial charge in [-0.05, 0) is 62.0 Å². The molecule has 0 aliphatic carbocycles. The van der Waals surface area contributed by atoms with Gasteiger partial charge in [-0.2, -0.15) is 0 Å². The number of aryl methyl sites for hydroxylation is 1. The Morgan fingerprint density at radius 2 is 2.28 bits per heavy atom. The molecule has 0 unspecified atom stereocenters. The first-order valence-electron chi connectivity index (χ1n) is 6.29. The van der Waals surface area contributed by atoms with E-state index < -0.39 is 5.97 Å². The van der Waals surface area contributed by atoms with Crippen LogP contribution in [-0.4, -0.2) is 29.3 Å². The number of aliphatic carboxylic acids is 1. The Kier molecular flexibility index (Phi) is 3.87. The average Bonchev–Trinajstić information content (AvgIpc) is 2.77. The van der Waals surface area contributed by atoms with Gasteiger partial charge >= 0.3 is 5.97 Å². The highest BCUT2D eigenvalue weighted by Gasteiger charge is 2.30. The molecule has 98 valence electrons. The second kappa shape index (κ2) is 5.40. The SMILES string of the molecule is Cc1cc(O)cc(C[C@H](C(=O)O)[C@H]2CCNC2)c1. The summed E-state index contributed by atoms with van der Waals surface area (Å²) in [6.45, 7) is 3.57. The minimum absolute atomic E-state index is 0.185. The summed E-state index contributed by atoms with van der Waals surface area (Å²) in [5, 5.41) is 22.1. The lowest BCUT2D eigenvalue weighted by Gasteiger charge is -2.19. The normalized spacial score (nSPS) is 20.8. The summed E-state index contributed by atoms with van der Waals surface area (Å²) in [6, 6.07) is 5.28. The Labute approximate surface area is 107 Å². The number of carboxylic acid groups (broad SMARTS) is 1. The fourth-order valence-electron chi connectivity index (χ4n) is 2.69. The van der Waals surface area contributed by atoms with Gasteiger partial charge in [0.15, 0.2) is 0 Å². The van der Waals surface area contributed by atoms with Gasteiger partial charge in [0, 0.05) is 0 Å². The summed E-state index contributed by atoms with van der Waals surface area (Å²) < 4.78 is 0. The van der Waals surface area contributed by atoms with Gasteiger partial charge < -0.3 is 15.5 Å². The molecule has 18 heavy (non-hydrogen) atoms. The highest BCUT2D eigenvalue weighted by atomic mass is 16.4. The van der Waals surface area contributed by atoms with E-state index in [1.807, 2.05) is 13.0 Å². The van der Waals surface area contributed by atoms with Crippen molar-refractivity contribution in [3.05, 3.63) is 29.3 Å². The minimum Gasteiger partial charge on any atom is -0.508 e. The van der Waals surface area contributed by atoms with Crippen LogP contribution in [0.25, 0.3) is 0 Å². The fourth-order valence-corrected chi connectivity index (χ4v) is 2.69. The summed E-state index contributed by atoms with van der Waals surface area (Å²) in [6.07, 6.45) is 1.39. The highest BCUT2D eigenvalue weighted by Crippen LogP contribution is 2.25. The first-order chi connectivity index (χ1) is 8.56. The van der Waals surface area contributed by atoms with E-state index in [1.54, 1.807) is 12.1 Å². The van der Waals surface area contributed by atoms with E-state index in [4.69, 9.17) is 0 Å². The lowest BCUT2D eigenvalue weighted by molar-refractivity contribution is -0.143. The molecule has 0 amide bonds. The predicted octanol–water partition coefficient (Wildman–Crippen LogP) is 1.55.